The summed E-state index contributed by atoms with van der Waals surface area (Å²) in [5, 5.41) is 3.18. The number of benzene rings is 3. The van der Waals surface area contributed by atoms with Gasteiger partial charge in [-0.25, -0.2) is 0 Å². The van der Waals surface area contributed by atoms with E-state index in [1.165, 1.54) is 16.8 Å². The molecule has 0 unspecified atom stereocenters. The Morgan fingerprint density at radius 3 is 2.44 bits per heavy atom. The van der Waals surface area contributed by atoms with Gasteiger partial charge in [0.05, 0.1) is 19.6 Å². The lowest BCUT2D eigenvalue weighted by molar-refractivity contribution is -0.120. The van der Waals surface area contributed by atoms with Gasteiger partial charge in [0.1, 0.15) is 5.75 Å². The van der Waals surface area contributed by atoms with Crippen LogP contribution in [0, 0.1) is 0 Å². The van der Waals surface area contributed by atoms with E-state index < -0.39 is 0 Å². The SMILES string of the molecule is COc1ccc(CC(=O)NC[C@@H](c2ccc(N(C)C)cc2)N2CCc3ccccc32)cc1. The Labute approximate surface area is 190 Å². The highest BCUT2D eigenvalue weighted by atomic mass is 16.5. The number of methoxy groups -OCH3 is 1. The summed E-state index contributed by atoms with van der Waals surface area (Å²) >= 11 is 0. The van der Waals surface area contributed by atoms with Crippen LogP contribution < -0.4 is 19.9 Å². The fourth-order valence-electron chi connectivity index (χ4n) is 4.29. The van der Waals surface area contributed by atoms with Crippen LogP contribution in [0.1, 0.15) is 22.7 Å². The van der Waals surface area contributed by atoms with Crippen molar-refractivity contribution in [2.75, 3.05) is 44.1 Å². The molecule has 32 heavy (non-hydrogen) atoms. The molecule has 166 valence electrons. The van der Waals surface area contributed by atoms with E-state index in [0.717, 1.165) is 30.0 Å². The van der Waals surface area contributed by atoms with E-state index in [-0.39, 0.29) is 11.9 Å². The third-order valence-electron chi connectivity index (χ3n) is 6.11. The Morgan fingerprint density at radius 2 is 1.75 bits per heavy atom. The molecule has 0 radical (unpaired) electrons. The van der Waals surface area contributed by atoms with Crippen molar-refractivity contribution in [1.29, 1.82) is 0 Å². The fourth-order valence-corrected chi connectivity index (χ4v) is 4.29. The fraction of sp³-hybridized carbons (Fsp3) is 0.296. The number of ether oxygens (including phenoxy) is 1. The molecule has 0 saturated heterocycles. The Bertz CT molecular complexity index is 1050. The van der Waals surface area contributed by atoms with Crippen molar-refractivity contribution in [3.63, 3.8) is 0 Å². The van der Waals surface area contributed by atoms with Gasteiger partial charge in [-0.15, -0.1) is 0 Å². The summed E-state index contributed by atoms with van der Waals surface area (Å²) < 4.78 is 5.20. The van der Waals surface area contributed by atoms with Crippen molar-refractivity contribution >= 4 is 17.3 Å². The normalized spacial score (nSPS) is 13.4. The summed E-state index contributed by atoms with van der Waals surface area (Å²) in [6, 6.07) is 24.9. The predicted octanol–water partition coefficient (Wildman–Crippen LogP) is 4.22. The number of anilines is 2. The molecule has 1 aliphatic rings. The number of carbonyl (C=O) groups is 1. The lowest BCUT2D eigenvalue weighted by atomic mass is 10.0. The van der Waals surface area contributed by atoms with Crippen LogP contribution in [0.3, 0.4) is 0 Å². The Hall–Kier alpha value is -3.47. The monoisotopic (exact) mass is 429 g/mol. The molecule has 0 aromatic heterocycles. The van der Waals surface area contributed by atoms with E-state index in [2.05, 4.69) is 63.6 Å². The van der Waals surface area contributed by atoms with Crippen molar-refractivity contribution in [2.45, 2.75) is 18.9 Å². The lowest BCUT2D eigenvalue weighted by Crippen LogP contribution is -2.38. The molecule has 3 aromatic carbocycles. The van der Waals surface area contributed by atoms with Crippen molar-refractivity contribution in [3.05, 3.63) is 89.5 Å². The summed E-state index contributed by atoms with van der Waals surface area (Å²) in [6.07, 6.45) is 1.38. The van der Waals surface area contributed by atoms with E-state index in [1.54, 1.807) is 7.11 Å². The molecule has 3 aromatic rings. The zero-order valence-corrected chi connectivity index (χ0v) is 19.0. The molecule has 0 fully saturated rings. The van der Waals surface area contributed by atoms with Crippen molar-refractivity contribution in [1.82, 2.24) is 5.32 Å². The number of para-hydroxylation sites is 1. The molecule has 1 amide bonds. The van der Waals surface area contributed by atoms with Crippen molar-refractivity contribution < 1.29 is 9.53 Å². The van der Waals surface area contributed by atoms with Crippen molar-refractivity contribution in [2.24, 2.45) is 0 Å². The highest BCUT2D eigenvalue weighted by molar-refractivity contribution is 5.78. The second-order valence-corrected chi connectivity index (χ2v) is 8.40. The zero-order valence-electron chi connectivity index (χ0n) is 19.0. The molecule has 1 aliphatic heterocycles. The third kappa shape index (κ3) is 4.88. The van der Waals surface area contributed by atoms with Gasteiger partial charge in [-0.1, -0.05) is 42.5 Å². The van der Waals surface area contributed by atoms with Crippen LogP contribution in [0.5, 0.6) is 5.75 Å². The first kappa shape index (κ1) is 21.8. The number of nitrogens with one attached hydrogen (secondary N) is 1. The molecular weight excluding hydrogens is 398 g/mol. The minimum Gasteiger partial charge on any atom is -0.497 e. The molecule has 1 heterocycles. The Morgan fingerprint density at radius 1 is 1.03 bits per heavy atom. The van der Waals surface area contributed by atoms with E-state index in [1.807, 2.05) is 38.4 Å². The first-order chi connectivity index (χ1) is 15.5. The topological polar surface area (TPSA) is 44.8 Å². The van der Waals surface area contributed by atoms with Gasteiger partial charge in [-0.05, 0) is 53.4 Å². The number of carbonyl (C=O) groups excluding carboxylic acids is 1. The number of hydrogen-bond acceptors (Lipinski definition) is 4. The first-order valence-electron chi connectivity index (χ1n) is 11.1. The van der Waals surface area contributed by atoms with Gasteiger partial charge >= 0.3 is 0 Å². The van der Waals surface area contributed by atoms with Crippen LogP contribution in [-0.2, 0) is 17.6 Å². The average Bonchev–Trinajstić information content (AvgIpc) is 3.24. The number of hydrogen-bond donors (Lipinski definition) is 1. The minimum atomic E-state index is 0.0255. The summed E-state index contributed by atoms with van der Waals surface area (Å²) in [5.74, 6) is 0.820. The molecule has 0 saturated carbocycles. The maximum Gasteiger partial charge on any atom is 0.224 e. The number of rotatable bonds is 8. The third-order valence-corrected chi connectivity index (χ3v) is 6.11. The standard InChI is InChI=1S/C27H31N3O2/c1-29(2)23-12-10-22(11-13-23)26(30-17-16-21-6-4-5-7-25(21)30)19-28-27(31)18-20-8-14-24(32-3)15-9-20/h4-15,26H,16-19H2,1-3H3,(H,28,31)/t26-/m0/s1. The Kier molecular flexibility index (Phi) is 6.64. The number of nitrogens with zero attached hydrogens (tertiary/aromatic N) is 2. The molecule has 4 rings (SSSR count). The van der Waals surface area contributed by atoms with Crippen LogP contribution in [0.2, 0.25) is 0 Å². The zero-order chi connectivity index (χ0) is 22.5. The molecule has 5 heteroatoms. The highest BCUT2D eigenvalue weighted by Gasteiger charge is 2.27. The van der Waals surface area contributed by atoms with Crippen molar-refractivity contribution in [3.8, 4) is 5.75 Å². The largest absolute Gasteiger partial charge is 0.497 e. The lowest BCUT2D eigenvalue weighted by Gasteiger charge is -2.31. The first-order valence-corrected chi connectivity index (χ1v) is 11.1. The molecule has 1 N–H and O–H groups in total. The predicted molar refractivity (Wildman–Crippen MR) is 131 cm³/mol. The minimum absolute atomic E-state index is 0.0255. The number of fused-ring (bicyclic) bond motifs is 1. The quantitative estimate of drug-likeness (QED) is 0.582. The van der Waals surface area contributed by atoms with E-state index in [9.17, 15) is 4.79 Å². The van der Waals surface area contributed by atoms with Gasteiger partial charge in [-0.2, -0.15) is 0 Å². The van der Waals surface area contributed by atoms with E-state index in [4.69, 9.17) is 4.74 Å². The van der Waals surface area contributed by atoms with E-state index >= 15 is 0 Å². The smallest absolute Gasteiger partial charge is 0.224 e. The van der Waals surface area contributed by atoms with Crippen LogP contribution in [-0.4, -0.2) is 40.2 Å². The van der Waals surface area contributed by atoms with Gasteiger partial charge < -0.3 is 19.9 Å². The summed E-state index contributed by atoms with van der Waals surface area (Å²) in [6.45, 7) is 1.51. The maximum atomic E-state index is 12.7. The van der Waals surface area contributed by atoms with Gasteiger partial charge in [0.2, 0.25) is 5.91 Å². The second kappa shape index (κ2) is 9.77. The average molecular weight is 430 g/mol. The molecule has 0 bridgehead atoms. The van der Waals surface area contributed by atoms with Crippen LogP contribution in [0.25, 0.3) is 0 Å². The van der Waals surface area contributed by atoms with Gasteiger partial charge in [-0.3, -0.25) is 4.79 Å². The highest BCUT2D eigenvalue weighted by Crippen LogP contribution is 2.35. The van der Waals surface area contributed by atoms with Gasteiger partial charge in [0.15, 0.2) is 0 Å². The maximum absolute atomic E-state index is 12.7. The van der Waals surface area contributed by atoms with Gasteiger partial charge in [0, 0.05) is 38.6 Å². The molecule has 0 aliphatic carbocycles. The summed E-state index contributed by atoms with van der Waals surface area (Å²) in [7, 11) is 5.73. The molecule has 0 spiro atoms. The van der Waals surface area contributed by atoms with Gasteiger partial charge in [0.25, 0.3) is 0 Å². The van der Waals surface area contributed by atoms with Crippen LogP contribution >= 0.6 is 0 Å². The van der Waals surface area contributed by atoms with E-state index in [0.29, 0.717) is 13.0 Å². The van der Waals surface area contributed by atoms with Crippen LogP contribution in [0.4, 0.5) is 11.4 Å². The number of amides is 1. The second-order valence-electron chi connectivity index (χ2n) is 8.40. The van der Waals surface area contributed by atoms with Crippen LogP contribution in [0.15, 0.2) is 72.8 Å². The summed E-state index contributed by atoms with van der Waals surface area (Å²) in [5.41, 5.74) is 5.97. The molecular formula is C27H31N3O2. The molecule has 5 nitrogen and oxygen atoms in total. The molecule has 1 atom stereocenters. The Balaban J connectivity index is 1.51. The summed E-state index contributed by atoms with van der Waals surface area (Å²) in [4.78, 5) is 17.3.